The number of aromatic amines is 1. The third kappa shape index (κ3) is 2.50. The Hall–Kier alpha value is -2.55. The highest BCUT2D eigenvalue weighted by Gasteiger charge is 2.13. The lowest BCUT2D eigenvalue weighted by molar-refractivity contribution is 0.684. The number of anilines is 2. The fourth-order valence-corrected chi connectivity index (χ4v) is 1.79. The molecular weight excluding hydrogens is 242 g/mol. The molecule has 0 aliphatic carbocycles. The Labute approximate surface area is 110 Å². The number of aromatic nitrogens is 2. The highest BCUT2D eigenvalue weighted by molar-refractivity contribution is 5.81. The van der Waals surface area contributed by atoms with Crippen LogP contribution in [-0.2, 0) is 0 Å². The van der Waals surface area contributed by atoms with E-state index in [1.165, 1.54) is 0 Å². The number of rotatable bonds is 3. The lowest BCUT2D eigenvalue weighted by Gasteiger charge is -2.23. The first-order valence-corrected chi connectivity index (χ1v) is 5.92. The second kappa shape index (κ2) is 4.98. The molecule has 2 aromatic rings. The fourth-order valence-electron chi connectivity index (χ4n) is 1.79. The van der Waals surface area contributed by atoms with Gasteiger partial charge in [0.15, 0.2) is 0 Å². The van der Waals surface area contributed by atoms with Gasteiger partial charge in [0.25, 0.3) is 5.56 Å². The van der Waals surface area contributed by atoms with E-state index in [1.807, 2.05) is 6.92 Å². The van der Waals surface area contributed by atoms with Crippen LogP contribution in [0.3, 0.4) is 0 Å². The Morgan fingerprint density at radius 3 is 3.00 bits per heavy atom. The summed E-state index contributed by atoms with van der Waals surface area (Å²) in [5.74, 6) is 0.449. The zero-order chi connectivity index (χ0) is 14.0. The van der Waals surface area contributed by atoms with Crippen molar-refractivity contribution in [2.45, 2.75) is 19.4 Å². The molecule has 0 fully saturated rings. The number of nitrogens with zero attached hydrogens (tertiary/aromatic N) is 3. The molecule has 19 heavy (non-hydrogen) atoms. The quantitative estimate of drug-likeness (QED) is 0.806. The van der Waals surface area contributed by atoms with E-state index >= 15 is 0 Å². The van der Waals surface area contributed by atoms with E-state index in [2.05, 4.69) is 16.0 Å². The molecule has 1 aromatic heterocycles. The lowest BCUT2D eigenvalue weighted by atomic mass is 10.2. The molecule has 0 radical (unpaired) electrons. The SMILES string of the molecule is CC(CC#N)N(C)c1nc2ccc(N)cc2c(=O)[nH]1. The summed E-state index contributed by atoms with van der Waals surface area (Å²) in [4.78, 5) is 20.9. The van der Waals surface area contributed by atoms with Crippen LogP contribution in [0.4, 0.5) is 11.6 Å². The molecule has 0 amide bonds. The molecular formula is C13H15N5O. The maximum atomic E-state index is 12.0. The van der Waals surface area contributed by atoms with E-state index < -0.39 is 0 Å². The second-order valence-corrected chi connectivity index (χ2v) is 4.49. The number of fused-ring (bicyclic) bond motifs is 1. The Bertz CT molecular complexity index is 700. The van der Waals surface area contributed by atoms with Gasteiger partial charge in [0.1, 0.15) is 0 Å². The van der Waals surface area contributed by atoms with Gasteiger partial charge in [-0.2, -0.15) is 5.26 Å². The summed E-state index contributed by atoms with van der Waals surface area (Å²) < 4.78 is 0. The Kier molecular flexibility index (Phi) is 3.38. The second-order valence-electron chi connectivity index (χ2n) is 4.49. The molecule has 0 bridgehead atoms. The van der Waals surface area contributed by atoms with Crippen LogP contribution in [0.15, 0.2) is 23.0 Å². The third-order valence-corrected chi connectivity index (χ3v) is 3.10. The molecule has 1 atom stereocenters. The van der Waals surface area contributed by atoms with Gasteiger partial charge >= 0.3 is 0 Å². The summed E-state index contributed by atoms with van der Waals surface area (Å²) in [5.41, 5.74) is 6.53. The Morgan fingerprint density at radius 1 is 1.58 bits per heavy atom. The predicted molar refractivity (Wildman–Crippen MR) is 74.9 cm³/mol. The maximum absolute atomic E-state index is 12.0. The van der Waals surface area contributed by atoms with Crippen LogP contribution in [0.25, 0.3) is 10.9 Å². The average Bonchev–Trinajstić information content (AvgIpc) is 2.38. The molecule has 6 nitrogen and oxygen atoms in total. The number of benzene rings is 1. The number of hydrogen-bond donors (Lipinski definition) is 2. The van der Waals surface area contributed by atoms with Crippen molar-refractivity contribution in [3.63, 3.8) is 0 Å². The van der Waals surface area contributed by atoms with Crippen molar-refractivity contribution in [3.05, 3.63) is 28.6 Å². The summed E-state index contributed by atoms with van der Waals surface area (Å²) in [6, 6.07) is 7.09. The average molecular weight is 257 g/mol. The van der Waals surface area contributed by atoms with Gasteiger partial charge in [0.2, 0.25) is 5.95 Å². The van der Waals surface area contributed by atoms with Crippen LogP contribution in [0.2, 0.25) is 0 Å². The Balaban J connectivity index is 2.50. The standard InChI is InChI=1S/C13H15N5O/c1-8(5-6-14)18(2)13-16-11-4-3-9(15)7-10(11)12(19)17-13/h3-4,7-8H,5,15H2,1-2H3,(H,16,17,19). The van der Waals surface area contributed by atoms with Crippen LogP contribution < -0.4 is 16.2 Å². The smallest absolute Gasteiger partial charge is 0.260 e. The van der Waals surface area contributed by atoms with Gasteiger partial charge in [-0.15, -0.1) is 0 Å². The largest absolute Gasteiger partial charge is 0.399 e. The maximum Gasteiger partial charge on any atom is 0.260 e. The highest BCUT2D eigenvalue weighted by atomic mass is 16.1. The molecule has 0 aliphatic rings. The van der Waals surface area contributed by atoms with Crippen molar-refractivity contribution in [1.82, 2.24) is 9.97 Å². The summed E-state index contributed by atoms with van der Waals surface area (Å²) in [6.45, 7) is 1.90. The lowest BCUT2D eigenvalue weighted by Crippen LogP contribution is -2.31. The number of nitrogens with one attached hydrogen (secondary N) is 1. The minimum Gasteiger partial charge on any atom is -0.399 e. The van der Waals surface area contributed by atoms with Crippen LogP contribution in [0.1, 0.15) is 13.3 Å². The van der Waals surface area contributed by atoms with Gasteiger partial charge in [-0.3, -0.25) is 9.78 Å². The first-order valence-electron chi connectivity index (χ1n) is 5.92. The van der Waals surface area contributed by atoms with Crippen molar-refractivity contribution < 1.29 is 0 Å². The van der Waals surface area contributed by atoms with Gasteiger partial charge in [-0.25, -0.2) is 4.98 Å². The Morgan fingerprint density at radius 2 is 2.32 bits per heavy atom. The number of hydrogen-bond acceptors (Lipinski definition) is 5. The van der Waals surface area contributed by atoms with Gasteiger partial charge < -0.3 is 10.6 Å². The van der Waals surface area contributed by atoms with E-state index in [9.17, 15) is 4.79 Å². The number of nitrogen functional groups attached to an aromatic ring is 1. The summed E-state index contributed by atoms with van der Waals surface area (Å²) in [6.07, 6.45) is 0.361. The van der Waals surface area contributed by atoms with Gasteiger partial charge in [0.05, 0.1) is 23.4 Å². The summed E-state index contributed by atoms with van der Waals surface area (Å²) in [7, 11) is 1.80. The van der Waals surface area contributed by atoms with Crippen molar-refractivity contribution >= 4 is 22.5 Å². The van der Waals surface area contributed by atoms with Crippen molar-refractivity contribution in [2.75, 3.05) is 17.7 Å². The van der Waals surface area contributed by atoms with Gasteiger partial charge in [-0.05, 0) is 25.1 Å². The minimum atomic E-state index is -0.233. The molecule has 2 rings (SSSR count). The third-order valence-electron chi connectivity index (χ3n) is 3.10. The van der Waals surface area contributed by atoms with E-state index in [0.29, 0.717) is 29.0 Å². The van der Waals surface area contributed by atoms with Gasteiger partial charge in [0, 0.05) is 18.8 Å². The molecule has 0 saturated carbocycles. The van der Waals surface area contributed by atoms with E-state index in [0.717, 1.165) is 0 Å². The molecule has 1 heterocycles. The van der Waals surface area contributed by atoms with Crippen molar-refractivity contribution in [3.8, 4) is 6.07 Å². The molecule has 1 aromatic carbocycles. The van der Waals surface area contributed by atoms with Gasteiger partial charge in [-0.1, -0.05) is 0 Å². The zero-order valence-corrected chi connectivity index (χ0v) is 10.8. The van der Waals surface area contributed by atoms with E-state index in [-0.39, 0.29) is 11.6 Å². The van der Waals surface area contributed by atoms with Crippen LogP contribution in [0.5, 0.6) is 0 Å². The number of H-pyrrole nitrogens is 1. The molecule has 3 N–H and O–H groups in total. The summed E-state index contributed by atoms with van der Waals surface area (Å²) in [5, 5.41) is 9.17. The highest BCUT2D eigenvalue weighted by Crippen LogP contribution is 2.15. The minimum absolute atomic E-state index is 0.0284. The van der Waals surface area contributed by atoms with Crippen LogP contribution in [0, 0.1) is 11.3 Å². The normalized spacial score (nSPS) is 12.1. The first kappa shape index (κ1) is 12.9. The fraction of sp³-hybridized carbons (Fsp3) is 0.308. The molecule has 1 unspecified atom stereocenters. The molecule has 0 saturated heterocycles. The number of nitriles is 1. The number of nitrogens with two attached hydrogens (primary N) is 1. The van der Waals surface area contributed by atoms with E-state index in [4.69, 9.17) is 11.0 Å². The predicted octanol–water partition coefficient (Wildman–Crippen LogP) is 1.24. The first-order chi connectivity index (χ1) is 9.02. The zero-order valence-electron chi connectivity index (χ0n) is 10.8. The molecule has 0 aliphatic heterocycles. The summed E-state index contributed by atoms with van der Waals surface area (Å²) >= 11 is 0. The van der Waals surface area contributed by atoms with Crippen LogP contribution >= 0.6 is 0 Å². The van der Waals surface area contributed by atoms with Crippen molar-refractivity contribution in [2.24, 2.45) is 0 Å². The van der Waals surface area contributed by atoms with Crippen molar-refractivity contribution in [1.29, 1.82) is 5.26 Å². The molecule has 98 valence electrons. The molecule has 0 spiro atoms. The van der Waals surface area contributed by atoms with E-state index in [1.54, 1.807) is 30.1 Å². The van der Waals surface area contributed by atoms with Crippen LogP contribution in [-0.4, -0.2) is 23.1 Å². The topological polar surface area (TPSA) is 98.8 Å². The monoisotopic (exact) mass is 257 g/mol. The molecule has 6 heteroatoms.